The van der Waals surface area contributed by atoms with E-state index in [0.29, 0.717) is 28.9 Å². The number of H-pyrrole nitrogens is 1. The number of fused-ring (bicyclic) bond motifs is 1. The second-order valence-electron chi connectivity index (χ2n) is 5.41. The summed E-state index contributed by atoms with van der Waals surface area (Å²) >= 11 is 0. The van der Waals surface area contributed by atoms with E-state index in [1.54, 1.807) is 19.2 Å². The van der Waals surface area contributed by atoms with Crippen LogP contribution in [0.25, 0.3) is 10.9 Å². The molecule has 3 rings (SSSR count). The van der Waals surface area contributed by atoms with Crippen LogP contribution < -0.4 is 4.74 Å². The average Bonchev–Trinajstić information content (AvgIpc) is 3.01. The van der Waals surface area contributed by atoms with Crippen molar-refractivity contribution in [1.29, 1.82) is 0 Å². The van der Waals surface area contributed by atoms with E-state index in [9.17, 15) is 13.6 Å². The van der Waals surface area contributed by atoms with Crippen LogP contribution in [0.3, 0.4) is 0 Å². The van der Waals surface area contributed by atoms with Crippen molar-refractivity contribution in [2.75, 3.05) is 20.2 Å². The van der Waals surface area contributed by atoms with E-state index < -0.39 is 0 Å². The Balaban J connectivity index is 1.61. The first-order valence-electron chi connectivity index (χ1n) is 7.45. The average molecular weight is 330 g/mol. The van der Waals surface area contributed by atoms with Crippen molar-refractivity contribution >= 4 is 16.8 Å². The molecule has 3 aromatic rings. The van der Waals surface area contributed by atoms with Crippen LogP contribution in [0.4, 0.5) is 8.78 Å². The SMILES string of the molecule is CN(CCOc1ccc(F)cc1)C(=O)c1cc2c(F)cccc2[nH]1. The number of carbonyl (C=O) groups excluding carboxylic acids is 1. The maximum atomic E-state index is 13.7. The van der Waals surface area contributed by atoms with E-state index in [0.717, 1.165) is 0 Å². The molecule has 0 fully saturated rings. The summed E-state index contributed by atoms with van der Waals surface area (Å²) in [5.74, 6) is -0.427. The first kappa shape index (κ1) is 16.0. The third-order valence-electron chi connectivity index (χ3n) is 3.70. The van der Waals surface area contributed by atoms with E-state index >= 15 is 0 Å². The minimum atomic E-state index is -0.370. The molecule has 0 aliphatic rings. The number of nitrogens with one attached hydrogen (secondary N) is 1. The summed E-state index contributed by atoms with van der Waals surface area (Å²) in [5, 5.41) is 0.386. The van der Waals surface area contributed by atoms with Gasteiger partial charge in [0, 0.05) is 18.0 Å². The lowest BCUT2D eigenvalue weighted by molar-refractivity contribution is 0.0769. The summed E-state index contributed by atoms with van der Waals surface area (Å²) in [6, 6.07) is 11.8. The highest BCUT2D eigenvalue weighted by Crippen LogP contribution is 2.19. The number of hydrogen-bond donors (Lipinski definition) is 1. The van der Waals surface area contributed by atoms with Crippen LogP contribution in [0.15, 0.2) is 48.5 Å². The van der Waals surface area contributed by atoms with Crippen LogP contribution in [0.1, 0.15) is 10.5 Å². The minimum Gasteiger partial charge on any atom is -0.492 e. The normalized spacial score (nSPS) is 10.8. The van der Waals surface area contributed by atoms with Gasteiger partial charge in [0.1, 0.15) is 29.7 Å². The molecule has 0 aliphatic carbocycles. The maximum absolute atomic E-state index is 13.7. The Kier molecular flexibility index (Phi) is 4.46. The van der Waals surface area contributed by atoms with Crippen LogP contribution in [-0.2, 0) is 0 Å². The third-order valence-corrected chi connectivity index (χ3v) is 3.70. The standard InChI is InChI=1S/C18H16F2N2O2/c1-22(9-10-24-13-7-5-12(19)6-8-13)18(23)17-11-14-15(20)3-2-4-16(14)21-17/h2-8,11,21H,9-10H2,1H3. The lowest BCUT2D eigenvalue weighted by atomic mass is 10.2. The number of likely N-dealkylation sites (N-methyl/N-ethyl adjacent to an activating group) is 1. The zero-order valence-electron chi connectivity index (χ0n) is 13.1. The zero-order chi connectivity index (χ0) is 17.1. The quantitative estimate of drug-likeness (QED) is 0.777. The molecule has 24 heavy (non-hydrogen) atoms. The van der Waals surface area contributed by atoms with Gasteiger partial charge in [0.05, 0.1) is 6.54 Å². The number of nitrogens with zero attached hydrogens (tertiary/aromatic N) is 1. The molecule has 0 atom stereocenters. The predicted octanol–water partition coefficient (Wildman–Crippen LogP) is 3.60. The van der Waals surface area contributed by atoms with Gasteiger partial charge in [0.2, 0.25) is 0 Å². The van der Waals surface area contributed by atoms with Gasteiger partial charge in [-0.3, -0.25) is 4.79 Å². The molecule has 6 heteroatoms. The number of benzene rings is 2. The Hall–Kier alpha value is -2.89. The zero-order valence-corrected chi connectivity index (χ0v) is 13.1. The van der Waals surface area contributed by atoms with Crippen molar-refractivity contribution in [2.45, 2.75) is 0 Å². The molecule has 0 saturated heterocycles. The summed E-state index contributed by atoms with van der Waals surface area (Å²) in [4.78, 5) is 16.8. The molecule has 2 aromatic carbocycles. The van der Waals surface area contributed by atoms with E-state index in [-0.39, 0.29) is 24.1 Å². The molecular weight excluding hydrogens is 314 g/mol. The molecular formula is C18H16F2N2O2. The second kappa shape index (κ2) is 6.70. The molecule has 0 aliphatic heterocycles. The highest BCUT2D eigenvalue weighted by Gasteiger charge is 2.15. The minimum absolute atomic E-state index is 0.256. The maximum Gasteiger partial charge on any atom is 0.270 e. The molecule has 0 radical (unpaired) electrons. The first-order valence-corrected chi connectivity index (χ1v) is 7.45. The number of carbonyl (C=O) groups is 1. The summed E-state index contributed by atoms with van der Waals surface area (Å²) in [6.45, 7) is 0.608. The Labute approximate surface area is 137 Å². The van der Waals surface area contributed by atoms with Gasteiger partial charge in [0.25, 0.3) is 5.91 Å². The number of aromatic amines is 1. The second-order valence-corrected chi connectivity index (χ2v) is 5.41. The molecule has 0 unspecified atom stereocenters. The largest absolute Gasteiger partial charge is 0.492 e. The van der Waals surface area contributed by atoms with Gasteiger partial charge in [-0.25, -0.2) is 8.78 Å². The molecule has 0 bridgehead atoms. The smallest absolute Gasteiger partial charge is 0.270 e. The number of ether oxygens (including phenoxy) is 1. The third kappa shape index (κ3) is 3.37. The summed E-state index contributed by atoms with van der Waals surface area (Å²) in [6.07, 6.45) is 0. The Morgan fingerprint density at radius 1 is 1.17 bits per heavy atom. The van der Waals surface area contributed by atoms with Crippen molar-refractivity contribution in [3.8, 4) is 5.75 Å². The van der Waals surface area contributed by atoms with Gasteiger partial charge in [-0.15, -0.1) is 0 Å². The number of rotatable bonds is 5. The number of hydrogen-bond acceptors (Lipinski definition) is 2. The fourth-order valence-electron chi connectivity index (χ4n) is 2.37. The fourth-order valence-corrected chi connectivity index (χ4v) is 2.37. The van der Waals surface area contributed by atoms with Gasteiger partial charge in [-0.1, -0.05) is 6.07 Å². The molecule has 0 saturated carbocycles. The Morgan fingerprint density at radius 3 is 2.62 bits per heavy atom. The van der Waals surface area contributed by atoms with Gasteiger partial charge < -0.3 is 14.6 Å². The summed E-state index contributed by atoms with van der Waals surface area (Å²) in [7, 11) is 1.64. The molecule has 1 N–H and O–H groups in total. The molecule has 1 heterocycles. The molecule has 1 aromatic heterocycles. The van der Waals surface area contributed by atoms with Gasteiger partial charge in [-0.2, -0.15) is 0 Å². The van der Waals surface area contributed by atoms with Crippen molar-refractivity contribution in [1.82, 2.24) is 9.88 Å². The van der Waals surface area contributed by atoms with E-state index in [2.05, 4.69) is 4.98 Å². The molecule has 124 valence electrons. The lowest BCUT2D eigenvalue weighted by Crippen LogP contribution is -2.31. The van der Waals surface area contributed by atoms with Crippen molar-refractivity contribution < 1.29 is 18.3 Å². The lowest BCUT2D eigenvalue weighted by Gasteiger charge is -2.16. The van der Waals surface area contributed by atoms with Crippen LogP contribution in [0.5, 0.6) is 5.75 Å². The molecule has 4 nitrogen and oxygen atoms in total. The summed E-state index contributed by atoms with van der Waals surface area (Å²) in [5.41, 5.74) is 0.897. The highest BCUT2D eigenvalue weighted by molar-refractivity contribution is 5.98. The van der Waals surface area contributed by atoms with Gasteiger partial charge in [-0.05, 0) is 42.5 Å². The van der Waals surface area contributed by atoms with Gasteiger partial charge in [0.15, 0.2) is 0 Å². The van der Waals surface area contributed by atoms with Crippen molar-refractivity contribution in [2.24, 2.45) is 0 Å². The summed E-state index contributed by atoms with van der Waals surface area (Å²) < 4.78 is 32.0. The fraction of sp³-hybridized carbons (Fsp3) is 0.167. The molecule has 0 spiro atoms. The number of halogens is 2. The monoisotopic (exact) mass is 330 g/mol. The topological polar surface area (TPSA) is 45.3 Å². The Bertz CT molecular complexity index is 859. The number of amides is 1. The van der Waals surface area contributed by atoms with Crippen molar-refractivity contribution in [3.05, 3.63) is 65.9 Å². The van der Waals surface area contributed by atoms with Gasteiger partial charge >= 0.3 is 0 Å². The predicted molar refractivity (Wildman–Crippen MR) is 87.1 cm³/mol. The van der Waals surface area contributed by atoms with Crippen LogP contribution in [0, 0.1) is 11.6 Å². The van der Waals surface area contributed by atoms with E-state index in [1.165, 1.54) is 41.3 Å². The van der Waals surface area contributed by atoms with Crippen LogP contribution in [-0.4, -0.2) is 36.0 Å². The highest BCUT2D eigenvalue weighted by atomic mass is 19.1. The number of aromatic nitrogens is 1. The molecule has 1 amide bonds. The van der Waals surface area contributed by atoms with Crippen molar-refractivity contribution in [3.63, 3.8) is 0 Å². The van der Waals surface area contributed by atoms with Crippen LogP contribution >= 0.6 is 0 Å². The van der Waals surface area contributed by atoms with Crippen LogP contribution in [0.2, 0.25) is 0 Å². The Morgan fingerprint density at radius 2 is 1.92 bits per heavy atom. The first-order chi connectivity index (χ1) is 11.5. The van der Waals surface area contributed by atoms with E-state index in [1.807, 2.05) is 0 Å². The van der Waals surface area contributed by atoms with E-state index in [4.69, 9.17) is 4.74 Å².